The molecule has 0 saturated heterocycles. The number of nitrogens with zero attached hydrogens (tertiary/aromatic N) is 3. The number of hydrogen-bond donors (Lipinski definition) is 1. The number of Topliss-reactive ketones (excluding diaryl/α,β-unsaturated/α-hetero) is 1. The van der Waals surface area contributed by atoms with Crippen LogP contribution in [0.4, 0.5) is 5.95 Å². The van der Waals surface area contributed by atoms with E-state index in [-0.39, 0.29) is 11.3 Å². The molecule has 2 fully saturated rings. The first-order chi connectivity index (χ1) is 13.1. The summed E-state index contributed by atoms with van der Waals surface area (Å²) in [7, 11) is 0. The van der Waals surface area contributed by atoms with Crippen LogP contribution in [0.1, 0.15) is 88.0 Å². The van der Waals surface area contributed by atoms with Gasteiger partial charge in [-0.2, -0.15) is 4.98 Å². The Morgan fingerprint density at radius 3 is 2.67 bits per heavy atom. The van der Waals surface area contributed by atoms with E-state index in [0.717, 1.165) is 35.0 Å². The molecule has 0 aromatic carbocycles. The summed E-state index contributed by atoms with van der Waals surface area (Å²) >= 11 is 0. The third-order valence-corrected chi connectivity index (χ3v) is 7.25. The standard InChI is InChI=1S/C22H30N4O/c1-15-5-7-17(8-6-15)24-21-23-14-16-13-18-19(27)9-12-22(10-3-2-4-11-22)26(18)20(16)25-21/h13-15,17H,2-12H2,1H3,(H,23,24,25). The number of fused-ring (bicyclic) bond motifs is 4. The molecule has 2 saturated carbocycles. The summed E-state index contributed by atoms with van der Waals surface area (Å²) in [5.41, 5.74) is 1.91. The minimum Gasteiger partial charge on any atom is -0.351 e. The Morgan fingerprint density at radius 1 is 1.11 bits per heavy atom. The molecule has 0 amide bonds. The lowest BCUT2D eigenvalue weighted by Gasteiger charge is -2.42. The van der Waals surface area contributed by atoms with Crippen LogP contribution in [0.25, 0.3) is 11.0 Å². The smallest absolute Gasteiger partial charge is 0.224 e. The average molecular weight is 367 g/mol. The normalized spacial score (nSPS) is 27.7. The van der Waals surface area contributed by atoms with Crippen LogP contribution in [0.15, 0.2) is 12.3 Å². The van der Waals surface area contributed by atoms with E-state index in [9.17, 15) is 4.79 Å². The van der Waals surface area contributed by atoms with Crippen molar-refractivity contribution < 1.29 is 4.79 Å². The average Bonchev–Trinajstić information content (AvgIpc) is 3.08. The van der Waals surface area contributed by atoms with Gasteiger partial charge in [0, 0.05) is 29.6 Å². The Labute approximate surface area is 161 Å². The number of hydrogen-bond acceptors (Lipinski definition) is 4. The summed E-state index contributed by atoms with van der Waals surface area (Å²) < 4.78 is 2.31. The minimum atomic E-state index is 0.0924. The van der Waals surface area contributed by atoms with Crippen molar-refractivity contribution in [3.8, 4) is 0 Å². The summed E-state index contributed by atoms with van der Waals surface area (Å²) in [6, 6.07) is 2.50. The molecule has 0 unspecified atom stereocenters. The Hall–Kier alpha value is -1.91. The second-order valence-electron chi connectivity index (χ2n) is 9.15. The Kier molecular flexibility index (Phi) is 4.21. The fraction of sp³-hybridized carbons (Fsp3) is 0.682. The van der Waals surface area contributed by atoms with Gasteiger partial charge in [-0.05, 0) is 56.9 Å². The quantitative estimate of drug-likeness (QED) is 0.807. The van der Waals surface area contributed by atoms with Crippen LogP contribution < -0.4 is 5.32 Å². The van der Waals surface area contributed by atoms with E-state index >= 15 is 0 Å². The second-order valence-corrected chi connectivity index (χ2v) is 9.15. The zero-order valence-electron chi connectivity index (χ0n) is 16.3. The van der Waals surface area contributed by atoms with Gasteiger partial charge in [0.2, 0.25) is 5.95 Å². The number of anilines is 1. The van der Waals surface area contributed by atoms with Gasteiger partial charge in [0.1, 0.15) is 5.65 Å². The predicted octanol–water partition coefficient (Wildman–Crippen LogP) is 5.06. The van der Waals surface area contributed by atoms with E-state index < -0.39 is 0 Å². The predicted molar refractivity (Wildman–Crippen MR) is 107 cm³/mol. The first kappa shape index (κ1) is 17.2. The molecule has 0 radical (unpaired) electrons. The third-order valence-electron chi connectivity index (χ3n) is 7.25. The molecule has 5 heteroatoms. The van der Waals surface area contributed by atoms with Gasteiger partial charge in [-0.25, -0.2) is 4.98 Å². The van der Waals surface area contributed by atoms with Crippen LogP contribution in [0, 0.1) is 5.92 Å². The SMILES string of the molecule is CC1CCC(Nc2ncc3cc4n(c3n2)C2(CCCCC2)CCC4=O)CC1. The van der Waals surface area contributed by atoms with Crippen LogP contribution in [0.2, 0.25) is 0 Å². The third kappa shape index (κ3) is 2.95. The number of rotatable bonds is 2. The lowest BCUT2D eigenvalue weighted by molar-refractivity contribution is 0.0852. The summed E-state index contributed by atoms with van der Waals surface area (Å²) in [5, 5.41) is 4.58. The molecule has 5 rings (SSSR count). The van der Waals surface area contributed by atoms with Crippen molar-refractivity contribution in [2.24, 2.45) is 5.92 Å². The maximum atomic E-state index is 12.6. The van der Waals surface area contributed by atoms with Crippen LogP contribution in [0.3, 0.4) is 0 Å². The minimum absolute atomic E-state index is 0.0924. The molecule has 1 N–H and O–H groups in total. The van der Waals surface area contributed by atoms with Crippen molar-refractivity contribution in [2.75, 3.05) is 5.32 Å². The van der Waals surface area contributed by atoms with Gasteiger partial charge in [-0.15, -0.1) is 0 Å². The molecule has 2 aliphatic carbocycles. The summed E-state index contributed by atoms with van der Waals surface area (Å²) in [4.78, 5) is 22.1. The Morgan fingerprint density at radius 2 is 1.89 bits per heavy atom. The summed E-state index contributed by atoms with van der Waals surface area (Å²) in [6.45, 7) is 2.34. The second kappa shape index (κ2) is 6.61. The van der Waals surface area contributed by atoms with E-state index in [0.29, 0.717) is 12.5 Å². The molecular weight excluding hydrogens is 336 g/mol. The zero-order valence-corrected chi connectivity index (χ0v) is 16.3. The highest BCUT2D eigenvalue weighted by Crippen LogP contribution is 2.45. The molecule has 0 atom stereocenters. The zero-order chi connectivity index (χ0) is 18.4. The maximum absolute atomic E-state index is 12.6. The molecule has 3 aliphatic rings. The Bertz CT molecular complexity index is 857. The maximum Gasteiger partial charge on any atom is 0.224 e. The van der Waals surface area contributed by atoms with Gasteiger partial charge in [-0.3, -0.25) is 4.79 Å². The largest absolute Gasteiger partial charge is 0.351 e. The van der Waals surface area contributed by atoms with Crippen molar-refractivity contribution in [3.05, 3.63) is 18.0 Å². The van der Waals surface area contributed by atoms with Gasteiger partial charge in [0.15, 0.2) is 5.78 Å². The lowest BCUT2D eigenvalue weighted by Crippen LogP contribution is -2.41. The highest BCUT2D eigenvalue weighted by Gasteiger charge is 2.41. The van der Waals surface area contributed by atoms with Crippen molar-refractivity contribution in [2.45, 2.75) is 89.1 Å². The molecule has 27 heavy (non-hydrogen) atoms. The van der Waals surface area contributed by atoms with E-state index in [1.54, 1.807) is 0 Å². The van der Waals surface area contributed by atoms with E-state index in [4.69, 9.17) is 4.98 Å². The van der Waals surface area contributed by atoms with Crippen LogP contribution in [-0.2, 0) is 5.54 Å². The number of ketones is 1. The molecule has 2 aromatic heterocycles. The number of carbonyl (C=O) groups excluding carboxylic acids is 1. The first-order valence-electron chi connectivity index (χ1n) is 10.8. The van der Waals surface area contributed by atoms with Gasteiger partial charge >= 0.3 is 0 Å². The van der Waals surface area contributed by atoms with Gasteiger partial charge < -0.3 is 9.88 Å². The first-order valence-corrected chi connectivity index (χ1v) is 10.8. The lowest BCUT2D eigenvalue weighted by atomic mass is 9.75. The molecular formula is C22H30N4O. The van der Waals surface area contributed by atoms with Gasteiger partial charge in [0.25, 0.3) is 0 Å². The highest BCUT2D eigenvalue weighted by molar-refractivity contribution is 6.00. The topological polar surface area (TPSA) is 59.8 Å². The molecule has 5 nitrogen and oxygen atoms in total. The summed E-state index contributed by atoms with van der Waals surface area (Å²) in [6.07, 6.45) is 14.6. The highest BCUT2D eigenvalue weighted by atomic mass is 16.1. The van der Waals surface area contributed by atoms with Gasteiger partial charge in [-0.1, -0.05) is 26.2 Å². The van der Waals surface area contributed by atoms with Crippen LogP contribution >= 0.6 is 0 Å². The molecule has 2 aromatic rings. The van der Waals surface area contributed by atoms with Gasteiger partial charge in [0.05, 0.1) is 5.69 Å². The molecule has 144 valence electrons. The number of nitrogens with one attached hydrogen (secondary N) is 1. The van der Waals surface area contributed by atoms with E-state index in [2.05, 4.69) is 21.8 Å². The van der Waals surface area contributed by atoms with Crippen molar-refractivity contribution in [1.29, 1.82) is 0 Å². The molecule has 1 spiro atoms. The fourth-order valence-corrected chi connectivity index (χ4v) is 5.60. The van der Waals surface area contributed by atoms with E-state index in [1.807, 2.05) is 12.3 Å². The molecule has 3 heterocycles. The van der Waals surface area contributed by atoms with Crippen LogP contribution in [0.5, 0.6) is 0 Å². The molecule has 1 aliphatic heterocycles. The monoisotopic (exact) mass is 366 g/mol. The van der Waals surface area contributed by atoms with Crippen molar-refractivity contribution >= 4 is 22.8 Å². The fourth-order valence-electron chi connectivity index (χ4n) is 5.60. The Balaban J connectivity index is 1.53. The van der Waals surface area contributed by atoms with Crippen molar-refractivity contribution in [1.82, 2.24) is 14.5 Å². The van der Waals surface area contributed by atoms with Crippen LogP contribution in [-0.4, -0.2) is 26.4 Å². The molecule has 0 bridgehead atoms. The van der Waals surface area contributed by atoms with E-state index in [1.165, 1.54) is 57.8 Å². The summed E-state index contributed by atoms with van der Waals surface area (Å²) in [5.74, 6) is 1.83. The number of carbonyl (C=O) groups is 1. The number of aromatic nitrogens is 3. The van der Waals surface area contributed by atoms with Crippen molar-refractivity contribution in [3.63, 3.8) is 0 Å².